The number of pyridine rings is 1. The van der Waals surface area contributed by atoms with E-state index >= 15 is 0 Å². The second-order valence-corrected chi connectivity index (χ2v) is 5.11. The number of ether oxygens (including phenoxy) is 1. The fraction of sp³-hybridized carbons (Fsp3) is 0.353. The summed E-state index contributed by atoms with van der Waals surface area (Å²) in [5.41, 5.74) is 4.99. The first-order valence-corrected chi connectivity index (χ1v) is 7.19. The molecule has 21 heavy (non-hydrogen) atoms. The first-order chi connectivity index (χ1) is 9.90. The van der Waals surface area contributed by atoms with Gasteiger partial charge in [-0.2, -0.15) is 0 Å². The second kappa shape index (κ2) is 7.55. The van der Waals surface area contributed by atoms with E-state index in [1.807, 2.05) is 25.4 Å². The number of nitrogens with one attached hydrogen (secondary N) is 1. The van der Waals surface area contributed by atoms with Crippen molar-refractivity contribution < 1.29 is 4.74 Å². The van der Waals surface area contributed by atoms with Gasteiger partial charge in [-0.05, 0) is 43.1 Å². The molecule has 0 unspecified atom stereocenters. The van der Waals surface area contributed by atoms with E-state index in [0.717, 1.165) is 31.7 Å². The van der Waals surface area contributed by atoms with E-state index in [1.54, 1.807) is 0 Å². The molecule has 0 amide bonds. The smallest absolute Gasteiger partial charge is 0.0951 e. The van der Waals surface area contributed by atoms with Crippen molar-refractivity contribution in [3.63, 3.8) is 0 Å². The highest BCUT2D eigenvalue weighted by Gasteiger charge is 2.21. The van der Waals surface area contributed by atoms with Gasteiger partial charge in [0.2, 0.25) is 0 Å². The third-order valence-corrected chi connectivity index (χ3v) is 3.78. The third-order valence-electron chi connectivity index (χ3n) is 3.78. The minimum absolute atomic E-state index is 0. The normalized spacial score (nSPS) is 17.5. The number of nitrogens with zero attached hydrogens (tertiary/aromatic N) is 1. The summed E-state index contributed by atoms with van der Waals surface area (Å²) < 4.78 is 5.98. The zero-order valence-electron chi connectivity index (χ0n) is 12.2. The Balaban J connectivity index is 0.00000161. The summed E-state index contributed by atoms with van der Waals surface area (Å²) >= 11 is 0. The topological polar surface area (TPSA) is 34.1 Å². The molecule has 2 aromatic rings. The molecule has 0 fully saturated rings. The second-order valence-electron chi connectivity index (χ2n) is 5.11. The van der Waals surface area contributed by atoms with Crippen LogP contribution in [0.4, 0.5) is 0 Å². The fourth-order valence-corrected chi connectivity index (χ4v) is 2.87. The highest BCUT2D eigenvalue weighted by atomic mass is 35.5. The average Bonchev–Trinajstić information content (AvgIpc) is 2.71. The Labute approximate surface area is 132 Å². The van der Waals surface area contributed by atoms with Crippen LogP contribution in [0.25, 0.3) is 11.3 Å². The van der Waals surface area contributed by atoms with Gasteiger partial charge in [-0.25, -0.2) is 0 Å². The summed E-state index contributed by atoms with van der Waals surface area (Å²) in [6.45, 7) is 1.67. The molecule has 4 heteroatoms. The zero-order valence-corrected chi connectivity index (χ0v) is 13.0. The Bertz CT molecular complexity index is 574. The first kappa shape index (κ1) is 16.0. The van der Waals surface area contributed by atoms with Gasteiger partial charge in [0.05, 0.1) is 11.8 Å². The Morgan fingerprint density at radius 3 is 2.90 bits per heavy atom. The van der Waals surface area contributed by atoms with Crippen LogP contribution in [0.5, 0.6) is 0 Å². The van der Waals surface area contributed by atoms with Gasteiger partial charge >= 0.3 is 0 Å². The lowest BCUT2D eigenvalue weighted by atomic mass is 9.93. The van der Waals surface area contributed by atoms with Gasteiger partial charge in [0.1, 0.15) is 0 Å². The van der Waals surface area contributed by atoms with E-state index in [4.69, 9.17) is 4.74 Å². The first-order valence-electron chi connectivity index (χ1n) is 7.19. The van der Waals surface area contributed by atoms with Crippen LogP contribution >= 0.6 is 12.4 Å². The number of halogens is 1. The van der Waals surface area contributed by atoms with Crippen molar-refractivity contribution in [2.45, 2.75) is 18.9 Å². The van der Waals surface area contributed by atoms with Gasteiger partial charge in [-0.15, -0.1) is 12.4 Å². The summed E-state index contributed by atoms with van der Waals surface area (Å²) in [5.74, 6) is 0. The van der Waals surface area contributed by atoms with E-state index < -0.39 is 0 Å². The Morgan fingerprint density at radius 2 is 2.14 bits per heavy atom. The van der Waals surface area contributed by atoms with E-state index in [9.17, 15) is 0 Å². The van der Waals surface area contributed by atoms with Gasteiger partial charge in [0.25, 0.3) is 0 Å². The number of hydrogen-bond donors (Lipinski definition) is 1. The molecular formula is C17H21ClN2O. The van der Waals surface area contributed by atoms with Crippen LogP contribution in [-0.4, -0.2) is 25.2 Å². The summed E-state index contributed by atoms with van der Waals surface area (Å²) in [6.07, 6.45) is 4.12. The third kappa shape index (κ3) is 3.43. The van der Waals surface area contributed by atoms with E-state index in [0.29, 0.717) is 0 Å². The monoisotopic (exact) mass is 304 g/mol. The van der Waals surface area contributed by atoms with E-state index in [2.05, 4.69) is 34.6 Å². The van der Waals surface area contributed by atoms with Crippen molar-refractivity contribution in [3.8, 4) is 11.3 Å². The number of likely N-dealkylation sites (N-methyl/N-ethyl adjacent to an activating group) is 1. The molecule has 0 saturated heterocycles. The van der Waals surface area contributed by atoms with Crippen molar-refractivity contribution in [1.29, 1.82) is 0 Å². The molecule has 1 N–H and O–H groups in total. The molecule has 1 aromatic heterocycles. The molecule has 1 aliphatic heterocycles. The molecule has 2 heterocycles. The van der Waals surface area contributed by atoms with Gasteiger partial charge < -0.3 is 10.1 Å². The molecular weight excluding hydrogens is 284 g/mol. The lowest BCUT2D eigenvalue weighted by molar-refractivity contribution is 0.0579. The van der Waals surface area contributed by atoms with Gasteiger partial charge in [-0.3, -0.25) is 4.98 Å². The molecule has 0 aliphatic carbocycles. The SMILES string of the molecule is CNC[C@H]1OCCCc2c(-c3ccccn3)cccc21.Cl. The molecule has 0 saturated carbocycles. The summed E-state index contributed by atoms with van der Waals surface area (Å²) in [4.78, 5) is 4.50. The number of aromatic nitrogens is 1. The van der Waals surface area contributed by atoms with E-state index in [-0.39, 0.29) is 18.5 Å². The highest BCUT2D eigenvalue weighted by Crippen LogP contribution is 2.32. The lowest BCUT2D eigenvalue weighted by Crippen LogP contribution is -2.20. The molecule has 1 atom stereocenters. The van der Waals surface area contributed by atoms with Gasteiger partial charge in [0, 0.05) is 24.9 Å². The average molecular weight is 305 g/mol. The quantitative estimate of drug-likeness (QED) is 0.944. The molecule has 1 aromatic carbocycles. The number of rotatable bonds is 3. The molecule has 3 nitrogen and oxygen atoms in total. The zero-order chi connectivity index (χ0) is 13.8. The molecule has 3 rings (SSSR count). The van der Waals surface area contributed by atoms with Crippen molar-refractivity contribution in [3.05, 3.63) is 53.7 Å². The van der Waals surface area contributed by atoms with Gasteiger partial charge in [0.15, 0.2) is 0 Å². The standard InChI is InChI=1S/C17H20N2O.ClH/c1-18-12-17-15-7-4-6-14(13(15)8-5-11-20-17)16-9-2-3-10-19-16;/h2-4,6-7,9-10,17-18H,5,8,11-12H2,1H3;1H/t17-;/m1./s1. The summed E-state index contributed by atoms with van der Waals surface area (Å²) in [7, 11) is 1.97. The van der Waals surface area contributed by atoms with E-state index in [1.165, 1.54) is 16.7 Å². The van der Waals surface area contributed by atoms with Crippen LogP contribution in [-0.2, 0) is 11.2 Å². The minimum Gasteiger partial charge on any atom is -0.372 e. The predicted octanol–water partition coefficient (Wildman–Crippen LogP) is 3.39. The highest BCUT2D eigenvalue weighted by molar-refractivity contribution is 5.85. The number of fused-ring (bicyclic) bond motifs is 1. The van der Waals surface area contributed by atoms with Crippen LogP contribution in [0.1, 0.15) is 23.7 Å². The molecule has 112 valence electrons. The van der Waals surface area contributed by atoms with Crippen LogP contribution in [0, 0.1) is 0 Å². The van der Waals surface area contributed by atoms with Crippen molar-refractivity contribution in [1.82, 2.24) is 10.3 Å². The fourth-order valence-electron chi connectivity index (χ4n) is 2.87. The maximum absolute atomic E-state index is 5.98. The largest absolute Gasteiger partial charge is 0.372 e. The van der Waals surface area contributed by atoms with Gasteiger partial charge in [-0.1, -0.05) is 24.3 Å². The van der Waals surface area contributed by atoms with Crippen molar-refractivity contribution in [2.75, 3.05) is 20.2 Å². The molecule has 1 aliphatic rings. The van der Waals surface area contributed by atoms with Crippen molar-refractivity contribution in [2.24, 2.45) is 0 Å². The van der Waals surface area contributed by atoms with Crippen molar-refractivity contribution >= 4 is 12.4 Å². The van der Waals surface area contributed by atoms with Crippen LogP contribution in [0.3, 0.4) is 0 Å². The number of benzene rings is 1. The molecule has 0 bridgehead atoms. The number of hydrogen-bond acceptors (Lipinski definition) is 3. The van der Waals surface area contributed by atoms with Crippen LogP contribution in [0.2, 0.25) is 0 Å². The summed E-state index contributed by atoms with van der Waals surface area (Å²) in [6, 6.07) is 12.5. The molecule has 0 spiro atoms. The molecule has 0 radical (unpaired) electrons. The summed E-state index contributed by atoms with van der Waals surface area (Å²) in [5, 5.41) is 3.22. The Morgan fingerprint density at radius 1 is 1.24 bits per heavy atom. The lowest BCUT2D eigenvalue weighted by Gasteiger charge is -2.19. The Kier molecular flexibility index (Phi) is 5.74. The maximum atomic E-state index is 5.98. The van der Waals surface area contributed by atoms with Crippen LogP contribution < -0.4 is 5.32 Å². The Hall–Kier alpha value is -1.42. The maximum Gasteiger partial charge on any atom is 0.0951 e. The predicted molar refractivity (Wildman–Crippen MR) is 87.9 cm³/mol. The van der Waals surface area contributed by atoms with Crippen LogP contribution in [0.15, 0.2) is 42.6 Å². The minimum atomic E-state index is 0.